The van der Waals surface area contributed by atoms with Crippen LogP contribution in [0.1, 0.15) is 40.0 Å². The molecule has 0 aliphatic heterocycles. The molecule has 0 amide bonds. The van der Waals surface area contributed by atoms with E-state index in [0.29, 0.717) is 6.42 Å². The normalized spacial score (nSPS) is 15.8. The third-order valence-corrected chi connectivity index (χ3v) is 4.66. The zero-order valence-electron chi connectivity index (χ0n) is 10.4. The first-order chi connectivity index (χ1) is 7.34. The average Bonchev–Trinajstić information content (AvgIpc) is 2.23. The topological polar surface area (TPSA) is 77.2 Å². The number of carbonyl (C=O) groups excluding carboxylic acids is 1. The van der Waals surface area contributed by atoms with Gasteiger partial charge in [0.15, 0.2) is 15.6 Å². The van der Waals surface area contributed by atoms with Gasteiger partial charge in [-0.2, -0.15) is 0 Å². The molecule has 0 aromatic heterocycles. The quantitative estimate of drug-likeness (QED) is 0.700. The van der Waals surface area contributed by atoms with Crippen LogP contribution in [-0.4, -0.2) is 31.7 Å². The summed E-state index contributed by atoms with van der Waals surface area (Å²) < 4.78 is 22.8. The third kappa shape index (κ3) is 5.61. The highest BCUT2D eigenvalue weighted by Crippen LogP contribution is 2.08. The van der Waals surface area contributed by atoms with Gasteiger partial charge in [0.05, 0.1) is 11.8 Å². The van der Waals surface area contributed by atoms with E-state index in [2.05, 4.69) is 0 Å². The van der Waals surface area contributed by atoms with Crippen molar-refractivity contribution in [3.05, 3.63) is 0 Å². The van der Waals surface area contributed by atoms with Crippen molar-refractivity contribution in [3.63, 3.8) is 0 Å². The molecule has 0 saturated carbocycles. The van der Waals surface area contributed by atoms with Crippen molar-refractivity contribution in [2.45, 2.75) is 46.1 Å². The first-order valence-electron chi connectivity index (χ1n) is 5.82. The summed E-state index contributed by atoms with van der Waals surface area (Å²) >= 11 is 0. The van der Waals surface area contributed by atoms with Crippen LogP contribution in [0.3, 0.4) is 0 Å². The average molecular weight is 249 g/mol. The molecule has 2 atom stereocenters. The van der Waals surface area contributed by atoms with Crippen molar-refractivity contribution in [1.82, 2.24) is 0 Å². The summed E-state index contributed by atoms with van der Waals surface area (Å²) in [4.78, 5) is 11.6. The molecule has 0 radical (unpaired) electrons. The molecule has 0 rings (SSSR count). The second kappa shape index (κ2) is 7.01. The first kappa shape index (κ1) is 15.6. The Balaban J connectivity index is 4.17. The zero-order chi connectivity index (χ0) is 12.8. The van der Waals surface area contributed by atoms with Crippen molar-refractivity contribution >= 4 is 15.6 Å². The fraction of sp³-hybridized carbons (Fsp3) is 0.909. The molecule has 2 N–H and O–H groups in total. The SMILES string of the molecule is CCCS(=O)(=O)CCC(=O)C(N)C(C)CC. The lowest BCUT2D eigenvalue weighted by Crippen LogP contribution is -2.37. The molecule has 16 heavy (non-hydrogen) atoms. The predicted octanol–water partition coefficient (Wildman–Crippen LogP) is 1.14. The van der Waals surface area contributed by atoms with E-state index in [0.717, 1.165) is 6.42 Å². The van der Waals surface area contributed by atoms with Gasteiger partial charge < -0.3 is 5.73 Å². The number of hydrogen-bond donors (Lipinski definition) is 1. The summed E-state index contributed by atoms with van der Waals surface area (Å²) in [5, 5.41) is 0. The van der Waals surface area contributed by atoms with Gasteiger partial charge >= 0.3 is 0 Å². The van der Waals surface area contributed by atoms with E-state index in [-0.39, 0.29) is 29.6 Å². The molecular formula is C11H23NO3S. The van der Waals surface area contributed by atoms with Gasteiger partial charge in [0.2, 0.25) is 0 Å². The molecule has 96 valence electrons. The molecule has 0 heterocycles. The van der Waals surface area contributed by atoms with Gasteiger partial charge in [-0.1, -0.05) is 27.2 Å². The van der Waals surface area contributed by atoms with Crippen molar-refractivity contribution in [1.29, 1.82) is 0 Å². The highest BCUT2D eigenvalue weighted by atomic mass is 32.2. The number of ketones is 1. The van der Waals surface area contributed by atoms with Crippen LogP contribution in [0, 0.1) is 5.92 Å². The van der Waals surface area contributed by atoms with Crippen LogP contribution in [0.2, 0.25) is 0 Å². The minimum Gasteiger partial charge on any atom is -0.321 e. The van der Waals surface area contributed by atoms with Crippen LogP contribution in [0.5, 0.6) is 0 Å². The minimum atomic E-state index is -3.07. The molecule has 4 nitrogen and oxygen atoms in total. The lowest BCUT2D eigenvalue weighted by molar-refractivity contribution is -0.120. The van der Waals surface area contributed by atoms with Gasteiger partial charge in [-0.05, 0) is 12.3 Å². The second-order valence-corrected chi connectivity index (χ2v) is 6.58. The van der Waals surface area contributed by atoms with Gasteiger partial charge in [0, 0.05) is 12.2 Å². The maximum atomic E-state index is 11.6. The summed E-state index contributed by atoms with van der Waals surface area (Å²) in [6, 6.07) is -0.526. The van der Waals surface area contributed by atoms with Crippen molar-refractivity contribution in [2.75, 3.05) is 11.5 Å². The standard InChI is InChI=1S/C11H23NO3S/c1-4-7-16(14,15)8-6-10(13)11(12)9(3)5-2/h9,11H,4-8,12H2,1-3H3. The Labute approximate surface area is 98.5 Å². The molecule has 0 spiro atoms. The van der Waals surface area contributed by atoms with Crippen LogP contribution in [0.4, 0.5) is 0 Å². The van der Waals surface area contributed by atoms with Crippen molar-refractivity contribution in [3.8, 4) is 0 Å². The van der Waals surface area contributed by atoms with Crippen LogP contribution >= 0.6 is 0 Å². The summed E-state index contributed by atoms with van der Waals surface area (Å²) in [5.41, 5.74) is 5.73. The fourth-order valence-electron chi connectivity index (χ4n) is 1.41. The van der Waals surface area contributed by atoms with E-state index >= 15 is 0 Å². The van der Waals surface area contributed by atoms with Gasteiger partial charge in [0.25, 0.3) is 0 Å². The van der Waals surface area contributed by atoms with Crippen LogP contribution in [0.15, 0.2) is 0 Å². The number of rotatable bonds is 8. The lowest BCUT2D eigenvalue weighted by atomic mass is 9.95. The Bertz CT molecular complexity index is 311. The molecule has 0 aliphatic carbocycles. The van der Waals surface area contributed by atoms with Crippen LogP contribution in [0.25, 0.3) is 0 Å². The summed E-state index contributed by atoms with van der Waals surface area (Å²) in [6.07, 6.45) is 1.47. The lowest BCUT2D eigenvalue weighted by Gasteiger charge is -2.16. The Morgan fingerprint density at radius 1 is 1.25 bits per heavy atom. The van der Waals surface area contributed by atoms with Crippen molar-refractivity contribution in [2.24, 2.45) is 11.7 Å². The Morgan fingerprint density at radius 2 is 1.81 bits per heavy atom. The molecule has 0 aliphatic rings. The van der Waals surface area contributed by atoms with E-state index in [1.165, 1.54) is 0 Å². The van der Waals surface area contributed by atoms with Crippen molar-refractivity contribution < 1.29 is 13.2 Å². The second-order valence-electron chi connectivity index (χ2n) is 4.28. The Morgan fingerprint density at radius 3 is 2.25 bits per heavy atom. The maximum absolute atomic E-state index is 11.6. The summed E-state index contributed by atoms with van der Waals surface area (Å²) in [5.74, 6) is 0.0539. The predicted molar refractivity (Wildman–Crippen MR) is 66.0 cm³/mol. The van der Waals surface area contributed by atoms with Crippen LogP contribution in [-0.2, 0) is 14.6 Å². The number of Topliss-reactive ketones (excluding diaryl/α,β-unsaturated/α-hetero) is 1. The number of carbonyl (C=O) groups is 1. The largest absolute Gasteiger partial charge is 0.321 e. The zero-order valence-corrected chi connectivity index (χ0v) is 11.2. The summed E-state index contributed by atoms with van der Waals surface area (Å²) in [7, 11) is -3.07. The highest BCUT2D eigenvalue weighted by Gasteiger charge is 2.21. The van der Waals surface area contributed by atoms with Gasteiger partial charge in [-0.3, -0.25) is 4.79 Å². The molecular weight excluding hydrogens is 226 g/mol. The monoisotopic (exact) mass is 249 g/mol. The van der Waals surface area contributed by atoms with E-state index in [4.69, 9.17) is 5.73 Å². The van der Waals surface area contributed by atoms with E-state index < -0.39 is 15.9 Å². The molecule has 0 aromatic carbocycles. The van der Waals surface area contributed by atoms with Gasteiger partial charge in [-0.25, -0.2) is 8.42 Å². The minimum absolute atomic E-state index is 0.0494. The number of nitrogens with two attached hydrogens (primary N) is 1. The third-order valence-electron chi connectivity index (χ3n) is 2.80. The van der Waals surface area contributed by atoms with Gasteiger partial charge in [-0.15, -0.1) is 0 Å². The van der Waals surface area contributed by atoms with E-state index in [9.17, 15) is 13.2 Å². The van der Waals surface area contributed by atoms with Gasteiger partial charge in [0.1, 0.15) is 0 Å². The molecule has 0 aromatic rings. The van der Waals surface area contributed by atoms with E-state index in [1.54, 1.807) is 0 Å². The Hall–Kier alpha value is -0.420. The summed E-state index contributed by atoms with van der Waals surface area (Å²) in [6.45, 7) is 5.68. The molecule has 5 heteroatoms. The molecule has 0 fully saturated rings. The number of sulfone groups is 1. The number of hydrogen-bond acceptors (Lipinski definition) is 4. The molecule has 0 bridgehead atoms. The molecule has 0 saturated heterocycles. The maximum Gasteiger partial charge on any atom is 0.150 e. The Kier molecular flexibility index (Phi) is 6.83. The van der Waals surface area contributed by atoms with Crippen LogP contribution < -0.4 is 5.73 Å². The fourth-order valence-corrected chi connectivity index (χ4v) is 2.75. The first-order valence-corrected chi connectivity index (χ1v) is 7.64. The van der Waals surface area contributed by atoms with E-state index in [1.807, 2.05) is 20.8 Å². The smallest absolute Gasteiger partial charge is 0.150 e. The highest BCUT2D eigenvalue weighted by molar-refractivity contribution is 7.91. The molecule has 2 unspecified atom stereocenters.